The second-order valence-corrected chi connectivity index (χ2v) is 3.39. The summed E-state index contributed by atoms with van der Waals surface area (Å²) in [6, 6.07) is 3.30. The first-order valence-corrected chi connectivity index (χ1v) is 5.31. The van der Waals surface area contributed by atoms with Crippen molar-refractivity contribution in [2.75, 3.05) is 32.8 Å². The van der Waals surface area contributed by atoms with Crippen molar-refractivity contribution >= 4 is 5.97 Å². The van der Waals surface area contributed by atoms with Gasteiger partial charge >= 0.3 is 35.5 Å². The van der Waals surface area contributed by atoms with Gasteiger partial charge in [-0.05, 0) is 12.1 Å². The van der Waals surface area contributed by atoms with Crippen molar-refractivity contribution in [1.82, 2.24) is 9.88 Å². The van der Waals surface area contributed by atoms with Crippen LogP contribution in [0, 0.1) is 0 Å². The van der Waals surface area contributed by atoms with Crippen molar-refractivity contribution in [2.24, 2.45) is 0 Å². The Kier molecular flexibility index (Phi) is 10.1. The Morgan fingerprint density at radius 2 is 2.06 bits per heavy atom. The van der Waals surface area contributed by atoms with Crippen LogP contribution in [-0.4, -0.2) is 58.9 Å². The van der Waals surface area contributed by atoms with Crippen LogP contribution in [0.25, 0.3) is 0 Å². The third-order valence-electron chi connectivity index (χ3n) is 2.05. The number of hydrogen-bond acceptors (Lipinski definition) is 6. The Bertz CT molecular complexity index is 337. The smallest absolute Gasteiger partial charge is 1.00 e. The summed E-state index contributed by atoms with van der Waals surface area (Å²) in [6.07, 6.45) is 3.03. The molecule has 1 aromatic rings. The number of carbonyl (C=O) groups is 1. The van der Waals surface area contributed by atoms with Gasteiger partial charge in [-0.3, -0.25) is 14.7 Å². The molecule has 6 nitrogen and oxygen atoms in total. The van der Waals surface area contributed by atoms with E-state index in [-0.39, 0.29) is 50.7 Å². The average molecular weight is 264 g/mol. The third kappa shape index (κ3) is 7.05. The van der Waals surface area contributed by atoms with Gasteiger partial charge in [0.25, 0.3) is 0 Å². The maximum Gasteiger partial charge on any atom is 1.00 e. The zero-order chi connectivity index (χ0) is 12.5. The minimum absolute atomic E-state index is 0. The molecule has 0 aliphatic rings. The van der Waals surface area contributed by atoms with E-state index in [2.05, 4.69) is 4.98 Å². The monoisotopic (exact) mass is 264 g/mol. The van der Waals surface area contributed by atoms with Crippen LogP contribution in [0.15, 0.2) is 24.5 Å². The molecule has 18 heavy (non-hydrogen) atoms. The van der Waals surface area contributed by atoms with Gasteiger partial charge in [-0.1, -0.05) is 0 Å². The molecular weight excluding hydrogens is 247 g/mol. The number of rotatable bonds is 7. The maximum absolute atomic E-state index is 11.5. The molecule has 0 aliphatic carbocycles. The van der Waals surface area contributed by atoms with Gasteiger partial charge in [0, 0.05) is 19.3 Å². The van der Waals surface area contributed by atoms with Gasteiger partial charge in [-0.15, -0.1) is 0 Å². The van der Waals surface area contributed by atoms with E-state index in [1.54, 1.807) is 23.2 Å². The predicted molar refractivity (Wildman–Crippen MR) is 61.6 cm³/mol. The van der Waals surface area contributed by atoms with Gasteiger partial charge in [-0.2, -0.15) is 0 Å². The van der Waals surface area contributed by atoms with E-state index in [9.17, 15) is 4.79 Å². The molecule has 96 valence electrons. The molecule has 0 unspecified atom stereocenters. The number of aromatic nitrogens is 1. The molecule has 0 atom stereocenters. The van der Waals surface area contributed by atoms with Crippen molar-refractivity contribution in [3.8, 4) is 5.75 Å². The quantitative estimate of drug-likeness (QED) is 0.391. The van der Waals surface area contributed by atoms with Crippen LogP contribution >= 0.6 is 0 Å². The summed E-state index contributed by atoms with van der Waals surface area (Å²) in [4.78, 5) is 16.9. The zero-order valence-electron chi connectivity index (χ0n) is 11.5. The van der Waals surface area contributed by atoms with E-state index in [1.165, 1.54) is 6.20 Å². The molecule has 0 spiro atoms. The van der Waals surface area contributed by atoms with Crippen LogP contribution in [0.1, 0.15) is 1.43 Å². The fraction of sp³-hybridized carbons (Fsp3) is 0.455. The van der Waals surface area contributed by atoms with E-state index in [4.69, 9.17) is 14.9 Å². The summed E-state index contributed by atoms with van der Waals surface area (Å²) in [7, 11) is 0. The van der Waals surface area contributed by atoms with Gasteiger partial charge in [-0.25, -0.2) is 0 Å². The molecule has 1 aromatic heterocycles. The maximum atomic E-state index is 11.5. The van der Waals surface area contributed by atoms with Gasteiger partial charge in [0.15, 0.2) is 0 Å². The van der Waals surface area contributed by atoms with Crippen LogP contribution in [-0.2, 0) is 4.79 Å². The van der Waals surface area contributed by atoms with Crippen molar-refractivity contribution < 1.29 is 50.7 Å². The minimum atomic E-state index is -0.445. The molecule has 0 amide bonds. The van der Waals surface area contributed by atoms with E-state index in [0.29, 0.717) is 18.8 Å². The van der Waals surface area contributed by atoms with Gasteiger partial charge in [0.1, 0.15) is 5.75 Å². The van der Waals surface area contributed by atoms with Gasteiger partial charge in [0.2, 0.25) is 0 Å². The number of nitrogens with zero attached hydrogens (tertiary/aromatic N) is 2. The normalized spacial score (nSPS) is 9.94. The molecule has 0 aliphatic heterocycles. The molecule has 0 saturated heterocycles. The average Bonchev–Trinajstić information content (AvgIpc) is 2.30. The topological polar surface area (TPSA) is 82.9 Å². The van der Waals surface area contributed by atoms with E-state index >= 15 is 0 Å². The molecule has 0 aromatic carbocycles. The summed E-state index contributed by atoms with van der Waals surface area (Å²) < 4.78 is 5.03. The van der Waals surface area contributed by atoms with Gasteiger partial charge in [0.05, 0.1) is 26.0 Å². The predicted octanol–water partition coefficient (Wildman–Crippen LogP) is -3.61. The largest absolute Gasteiger partial charge is 1.00 e. The van der Waals surface area contributed by atoms with Crippen LogP contribution < -0.4 is 34.3 Å². The summed E-state index contributed by atoms with van der Waals surface area (Å²) >= 11 is 0. The van der Waals surface area contributed by atoms with Crippen molar-refractivity contribution in [3.63, 3.8) is 0 Å². The number of aliphatic hydroxyl groups is 2. The van der Waals surface area contributed by atoms with Crippen molar-refractivity contribution in [2.45, 2.75) is 0 Å². The third-order valence-corrected chi connectivity index (χ3v) is 2.05. The molecule has 2 N–H and O–H groups in total. The molecule has 0 radical (unpaired) electrons. The van der Waals surface area contributed by atoms with E-state index < -0.39 is 5.97 Å². The zero-order valence-corrected chi connectivity index (χ0v) is 12.5. The molecular formula is C11H17N2NaO4. The second-order valence-electron chi connectivity index (χ2n) is 3.39. The number of aliphatic hydroxyl groups excluding tert-OH is 2. The minimum Gasteiger partial charge on any atom is -1.00 e. The second kappa shape index (κ2) is 10.4. The van der Waals surface area contributed by atoms with Crippen LogP contribution in [0.2, 0.25) is 0 Å². The fourth-order valence-corrected chi connectivity index (χ4v) is 1.31. The Labute approximate surface area is 129 Å². The number of carbonyl (C=O) groups excluding carboxylic acids is 1. The van der Waals surface area contributed by atoms with E-state index in [0.717, 1.165) is 0 Å². The SMILES string of the molecule is O=C(CN(CCO)CCO)Oc1cccnc1.[H-].[Na+]. The molecule has 0 bridgehead atoms. The number of esters is 1. The first-order chi connectivity index (χ1) is 8.26. The molecule has 0 fully saturated rings. The molecule has 1 heterocycles. The van der Waals surface area contributed by atoms with Crippen LogP contribution in [0.3, 0.4) is 0 Å². The Morgan fingerprint density at radius 1 is 1.39 bits per heavy atom. The fourth-order valence-electron chi connectivity index (χ4n) is 1.31. The standard InChI is InChI=1S/C11H16N2O4.Na.H/c14-6-4-13(5-7-15)9-11(16)17-10-2-1-3-12-8-10;;/h1-3,8,14-15H,4-7,9H2;;/q;+1;-1. The molecule has 1 rings (SSSR count). The van der Waals surface area contributed by atoms with E-state index in [1.807, 2.05) is 0 Å². The summed E-state index contributed by atoms with van der Waals surface area (Å²) in [5.74, 6) is -0.0645. The number of pyridine rings is 1. The molecule has 0 saturated carbocycles. The summed E-state index contributed by atoms with van der Waals surface area (Å²) in [5.41, 5.74) is 0. The van der Waals surface area contributed by atoms with Crippen LogP contribution in [0.4, 0.5) is 0 Å². The Morgan fingerprint density at radius 3 is 2.56 bits per heavy atom. The van der Waals surface area contributed by atoms with Crippen molar-refractivity contribution in [3.05, 3.63) is 24.5 Å². The first kappa shape index (κ1) is 17.5. The van der Waals surface area contributed by atoms with Crippen LogP contribution in [0.5, 0.6) is 5.75 Å². The Hall–Kier alpha value is -0.500. The van der Waals surface area contributed by atoms with Crippen molar-refractivity contribution in [1.29, 1.82) is 0 Å². The van der Waals surface area contributed by atoms with Gasteiger partial charge < -0.3 is 16.4 Å². The number of ether oxygens (including phenoxy) is 1. The number of hydrogen-bond donors (Lipinski definition) is 2. The Balaban J connectivity index is 0. The first-order valence-electron chi connectivity index (χ1n) is 5.31. The summed E-state index contributed by atoms with van der Waals surface area (Å²) in [5, 5.41) is 17.6. The summed E-state index contributed by atoms with van der Waals surface area (Å²) in [6.45, 7) is 0.530. The molecule has 7 heteroatoms.